The normalized spacial score (nSPS) is 10.9. The summed E-state index contributed by atoms with van der Waals surface area (Å²) >= 11 is 0. The fourth-order valence-electron chi connectivity index (χ4n) is 1.45. The van der Waals surface area contributed by atoms with Crippen molar-refractivity contribution in [1.29, 1.82) is 0 Å². The lowest BCUT2D eigenvalue weighted by atomic mass is 10.1. The van der Waals surface area contributed by atoms with Crippen LogP contribution in [0.4, 0.5) is 0 Å². The van der Waals surface area contributed by atoms with Gasteiger partial charge in [0, 0.05) is 6.42 Å². The topological polar surface area (TPSA) is 26.3 Å². The molecular formula is C14H26O2. The van der Waals surface area contributed by atoms with Gasteiger partial charge in [0.1, 0.15) is 0 Å². The van der Waals surface area contributed by atoms with Crippen LogP contribution >= 0.6 is 0 Å². The summed E-state index contributed by atoms with van der Waals surface area (Å²) < 4.78 is 5.08. The molecule has 0 aliphatic carbocycles. The molecule has 0 atom stereocenters. The highest BCUT2D eigenvalue weighted by Gasteiger charge is 2.01. The summed E-state index contributed by atoms with van der Waals surface area (Å²) in [5.41, 5.74) is 0. The van der Waals surface area contributed by atoms with Gasteiger partial charge in [-0.05, 0) is 32.6 Å². The summed E-state index contributed by atoms with van der Waals surface area (Å²) in [7, 11) is 0. The zero-order valence-corrected chi connectivity index (χ0v) is 10.8. The SMILES string of the molecule is C/C=C/CCCCCCC(=O)OCCCC. The molecule has 2 nitrogen and oxygen atoms in total. The highest BCUT2D eigenvalue weighted by atomic mass is 16.5. The van der Waals surface area contributed by atoms with Gasteiger partial charge in [0.05, 0.1) is 6.61 Å². The van der Waals surface area contributed by atoms with Crippen LogP contribution in [-0.4, -0.2) is 12.6 Å². The Morgan fingerprint density at radius 1 is 1.12 bits per heavy atom. The fraction of sp³-hybridized carbons (Fsp3) is 0.786. The Bertz CT molecular complexity index is 185. The zero-order valence-electron chi connectivity index (χ0n) is 10.8. The molecule has 0 heterocycles. The third-order valence-electron chi connectivity index (χ3n) is 2.50. The van der Waals surface area contributed by atoms with E-state index >= 15 is 0 Å². The van der Waals surface area contributed by atoms with Crippen LogP contribution in [0.25, 0.3) is 0 Å². The second kappa shape index (κ2) is 12.3. The van der Waals surface area contributed by atoms with Gasteiger partial charge in [-0.2, -0.15) is 0 Å². The second-order valence-electron chi connectivity index (χ2n) is 4.10. The molecule has 16 heavy (non-hydrogen) atoms. The maximum atomic E-state index is 11.2. The van der Waals surface area contributed by atoms with E-state index in [9.17, 15) is 4.79 Å². The van der Waals surface area contributed by atoms with Crippen LogP contribution in [0.3, 0.4) is 0 Å². The summed E-state index contributed by atoms with van der Waals surface area (Å²) in [6, 6.07) is 0. The number of hydrogen-bond acceptors (Lipinski definition) is 2. The number of carbonyl (C=O) groups is 1. The number of esters is 1. The third kappa shape index (κ3) is 11.3. The Balaban J connectivity index is 3.15. The van der Waals surface area contributed by atoms with Crippen molar-refractivity contribution >= 4 is 5.97 Å². The number of ether oxygens (including phenoxy) is 1. The number of allylic oxidation sites excluding steroid dienone is 2. The largest absolute Gasteiger partial charge is 0.466 e. The van der Waals surface area contributed by atoms with E-state index in [1.54, 1.807) is 0 Å². The van der Waals surface area contributed by atoms with Crippen LogP contribution in [0.2, 0.25) is 0 Å². The minimum Gasteiger partial charge on any atom is -0.466 e. The molecule has 2 heteroatoms. The molecule has 0 aliphatic rings. The molecule has 0 N–H and O–H groups in total. The maximum Gasteiger partial charge on any atom is 0.305 e. The molecule has 0 bridgehead atoms. The van der Waals surface area contributed by atoms with Crippen molar-refractivity contribution in [2.24, 2.45) is 0 Å². The molecule has 0 saturated carbocycles. The Labute approximate surface area is 100 Å². The molecule has 0 aliphatic heterocycles. The van der Waals surface area contributed by atoms with Crippen LogP contribution < -0.4 is 0 Å². The van der Waals surface area contributed by atoms with E-state index in [-0.39, 0.29) is 5.97 Å². The molecule has 0 unspecified atom stereocenters. The van der Waals surface area contributed by atoms with Crippen LogP contribution in [0.1, 0.15) is 65.2 Å². The first kappa shape index (κ1) is 15.2. The molecular weight excluding hydrogens is 200 g/mol. The predicted molar refractivity (Wildman–Crippen MR) is 68.4 cm³/mol. The zero-order chi connectivity index (χ0) is 12.1. The van der Waals surface area contributed by atoms with Gasteiger partial charge in [-0.3, -0.25) is 4.79 Å². The highest BCUT2D eigenvalue weighted by Crippen LogP contribution is 2.06. The van der Waals surface area contributed by atoms with Crippen LogP contribution in [0, 0.1) is 0 Å². The van der Waals surface area contributed by atoms with Crippen molar-refractivity contribution in [3.05, 3.63) is 12.2 Å². The van der Waals surface area contributed by atoms with E-state index in [1.165, 1.54) is 12.8 Å². The minimum absolute atomic E-state index is 0.0260. The van der Waals surface area contributed by atoms with Crippen molar-refractivity contribution in [1.82, 2.24) is 0 Å². The smallest absolute Gasteiger partial charge is 0.305 e. The average molecular weight is 226 g/mol. The first-order valence-corrected chi connectivity index (χ1v) is 6.58. The van der Waals surface area contributed by atoms with Crippen LogP contribution in [0.5, 0.6) is 0 Å². The number of unbranched alkanes of at least 4 members (excludes halogenated alkanes) is 5. The van der Waals surface area contributed by atoms with Crippen molar-refractivity contribution in [2.45, 2.75) is 65.2 Å². The predicted octanol–water partition coefficient (Wildman–Crippen LogP) is 4.25. The monoisotopic (exact) mass is 226 g/mol. The van der Waals surface area contributed by atoms with E-state index in [0.29, 0.717) is 13.0 Å². The molecule has 0 aromatic carbocycles. The Morgan fingerprint density at radius 2 is 1.88 bits per heavy atom. The van der Waals surface area contributed by atoms with Gasteiger partial charge < -0.3 is 4.74 Å². The fourth-order valence-corrected chi connectivity index (χ4v) is 1.45. The number of rotatable bonds is 10. The van der Waals surface area contributed by atoms with Gasteiger partial charge in [0.25, 0.3) is 0 Å². The van der Waals surface area contributed by atoms with Crippen molar-refractivity contribution in [2.75, 3.05) is 6.61 Å². The molecule has 0 radical (unpaired) electrons. The molecule has 0 aromatic rings. The molecule has 0 spiro atoms. The standard InChI is InChI=1S/C14H26O2/c1-3-5-7-8-9-10-11-12-14(15)16-13-6-4-2/h3,5H,4,6-13H2,1-2H3/b5-3+. The van der Waals surface area contributed by atoms with E-state index in [0.717, 1.165) is 32.1 Å². The minimum atomic E-state index is -0.0260. The van der Waals surface area contributed by atoms with E-state index in [1.807, 2.05) is 6.92 Å². The van der Waals surface area contributed by atoms with Crippen LogP contribution in [0.15, 0.2) is 12.2 Å². The Hall–Kier alpha value is -0.790. The van der Waals surface area contributed by atoms with Gasteiger partial charge in [0.2, 0.25) is 0 Å². The summed E-state index contributed by atoms with van der Waals surface area (Å²) in [5, 5.41) is 0. The van der Waals surface area contributed by atoms with Gasteiger partial charge >= 0.3 is 5.97 Å². The van der Waals surface area contributed by atoms with E-state index in [4.69, 9.17) is 4.74 Å². The second-order valence-corrected chi connectivity index (χ2v) is 4.10. The maximum absolute atomic E-state index is 11.2. The lowest BCUT2D eigenvalue weighted by Gasteiger charge is -2.03. The first-order valence-electron chi connectivity index (χ1n) is 6.58. The lowest BCUT2D eigenvalue weighted by Crippen LogP contribution is -2.05. The summed E-state index contributed by atoms with van der Waals surface area (Å²) in [6.07, 6.45) is 12.7. The van der Waals surface area contributed by atoms with E-state index in [2.05, 4.69) is 19.1 Å². The Kier molecular flexibility index (Phi) is 11.7. The average Bonchev–Trinajstić information content (AvgIpc) is 2.28. The van der Waals surface area contributed by atoms with Crippen molar-refractivity contribution in [3.63, 3.8) is 0 Å². The van der Waals surface area contributed by atoms with E-state index < -0.39 is 0 Å². The molecule has 0 saturated heterocycles. The number of hydrogen-bond donors (Lipinski definition) is 0. The lowest BCUT2D eigenvalue weighted by molar-refractivity contribution is -0.143. The van der Waals surface area contributed by atoms with Crippen molar-refractivity contribution in [3.8, 4) is 0 Å². The highest BCUT2D eigenvalue weighted by molar-refractivity contribution is 5.69. The molecule has 94 valence electrons. The molecule has 0 amide bonds. The van der Waals surface area contributed by atoms with Crippen LogP contribution in [-0.2, 0) is 9.53 Å². The summed E-state index contributed by atoms with van der Waals surface area (Å²) in [6.45, 7) is 4.74. The summed E-state index contributed by atoms with van der Waals surface area (Å²) in [5.74, 6) is -0.0260. The first-order chi connectivity index (χ1) is 7.81. The van der Waals surface area contributed by atoms with Gasteiger partial charge in [-0.25, -0.2) is 0 Å². The Morgan fingerprint density at radius 3 is 2.56 bits per heavy atom. The quantitative estimate of drug-likeness (QED) is 0.316. The molecule has 0 rings (SSSR count). The van der Waals surface area contributed by atoms with Gasteiger partial charge in [-0.15, -0.1) is 0 Å². The molecule has 0 fully saturated rings. The van der Waals surface area contributed by atoms with Crippen molar-refractivity contribution < 1.29 is 9.53 Å². The van der Waals surface area contributed by atoms with Gasteiger partial charge in [0.15, 0.2) is 0 Å². The van der Waals surface area contributed by atoms with Gasteiger partial charge in [-0.1, -0.05) is 38.3 Å². The molecule has 0 aromatic heterocycles. The summed E-state index contributed by atoms with van der Waals surface area (Å²) in [4.78, 5) is 11.2. The number of carbonyl (C=O) groups excluding carboxylic acids is 1. The third-order valence-corrected chi connectivity index (χ3v) is 2.50.